The number of carbonyl (C=O) groups is 1. The van der Waals surface area contributed by atoms with Gasteiger partial charge in [-0.2, -0.15) is 0 Å². The summed E-state index contributed by atoms with van der Waals surface area (Å²) in [4.78, 5) is 11.9. The van der Waals surface area contributed by atoms with Crippen molar-refractivity contribution in [3.8, 4) is 11.5 Å². The van der Waals surface area contributed by atoms with Crippen LogP contribution < -0.4 is 10.1 Å². The van der Waals surface area contributed by atoms with Gasteiger partial charge in [0.1, 0.15) is 18.1 Å². The average molecular weight is 318 g/mol. The highest BCUT2D eigenvalue weighted by Gasteiger charge is 2.29. The number of carbonyl (C=O) groups excluding carboxylic acids is 1. The van der Waals surface area contributed by atoms with Crippen LogP contribution >= 0.6 is 11.6 Å². The Hall–Kier alpha value is -2.20. The number of nitrogens with one attached hydrogen (secondary N) is 1. The number of aryl methyl sites for hydroxylation is 1. The third-order valence-electron chi connectivity index (χ3n) is 3.57. The van der Waals surface area contributed by atoms with Gasteiger partial charge in [0.15, 0.2) is 0 Å². The minimum atomic E-state index is -0.491. The molecule has 22 heavy (non-hydrogen) atoms. The van der Waals surface area contributed by atoms with E-state index in [0.717, 1.165) is 28.2 Å². The molecule has 114 valence electrons. The first-order valence-electron chi connectivity index (χ1n) is 7.06. The lowest BCUT2D eigenvalue weighted by Crippen LogP contribution is -2.32. The van der Waals surface area contributed by atoms with Crippen LogP contribution in [0.5, 0.6) is 11.5 Å². The molecular formula is C17H16ClNO3. The van der Waals surface area contributed by atoms with Crippen molar-refractivity contribution in [1.29, 1.82) is 0 Å². The van der Waals surface area contributed by atoms with Crippen molar-refractivity contribution in [2.75, 3.05) is 12.5 Å². The van der Waals surface area contributed by atoms with Crippen molar-refractivity contribution in [2.24, 2.45) is 0 Å². The predicted octanol–water partition coefficient (Wildman–Crippen LogP) is 4.16. The summed E-state index contributed by atoms with van der Waals surface area (Å²) in [6.45, 7) is 2.16. The van der Waals surface area contributed by atoms with Crippen LogP contribution in [0, 0.1) is 6.92 Å². The highest BCUT2D eigenvalue weighted by atomic mass is 35.5. The zero-order chi connectivity index (χ0) is 15.5. The lowest BCUT2D eigenvalue weighted by Gasteiger charge is -2.29. The van der Waals surface area contributed by atoms with E-state index in [-0.39, 0.29) is 18.5 Å². The maximum Gasteiger partial charge on any atom is 0.407 e. The quantitative estimate of drug-likeness (QED) is 0.865. The number of halogens is 1. The van der Waals surface area contributed by atoms with Crippen LogP contribution in [-0.4, -0.2) is 18.6 Å². The number of para-hydroxylation sites is 2. The topological polar surface area (TPSA) is 47.6 Å². The van der Waals surface area contributed by atoms with Crippen LogP contribution in [0.1, 0.15) is 22.7 Å². The molecule has 1 aliphatic heterocycles. The maximum absolute atomic E-state index is 11.9. The molecule has 1 amide bonds. The molecule has 1 aliphatic rings. The lowest BCUT2D eigenvalue weighted by molar-refractivity contribution is 0.150. The van der Waals surface area contributed by atoms with E-state index in [4.69, 9.17) is 21.1 Å². The third kappa shape index (κ3) is 2.74. The van der Waals surface area contributed by atoms with E-state index >= 15 is 0 Å². The molecule has 2 aromatic carbocycles. The first-order chi connectivity index (χ1) is 10.7. The molecule has 0 spiro atoms. The summed E-state index contributed by atoms with van der Waals surface area (Å²) in [5.74, 6) is 1.80. The van der Waals surface area contributed by atoms with Crippen LogP contribution in [0.4, 0.5) is 4.79 Å². The Labute approximate surface area is 134 Å². The molecule has 0 fully saturated rings. The molecule has 0 aromatic heterocycles. The predicted molar refractivity (Wildman–Crippen MR) is 84.7 cm³/mol. The fourth-order valence-corrected chi connectivity index (χ4v) is 2.65. The molecule has 1 N–H and O–H groups in total. The zero-order valence-electron chi connectivity index (χ0n) is 12.1. The number of rotatable bonds is 3. The largest absolute Gasteiger partial charge is 0.456 e. The van der Waals surface area contributed by atoms with Gasteiger partial charge in [0.25, 0.3) is 0 Å². The van der Waals surface area contributed by atoms with Gasteiger partial charge in [0.05, 0.1) is 11.9 Å². The molecule has 5 heteroatoms. The van der Waals surface area contributed by atoms with Crippen molar-refractivity contribution in [2.45, 2.75) is 13.0 Å². The van der Waals surface area contributed by atoms with Gasteiger partial charge in [0.2, 0.25) is 0 Å². The number of hydrogen-bond donors (Lipinski definition) is 1. The molecule has 4 nitrogen and oxygen atoms in total. The van der Waals surface area contributed by atoms with Gasteiger partial charge in [-0.1, -0.05) is 36.4 Å². The molecule has 0 unspecified atom stereocenters. The summed E-state index contributed by atoms with van der Waals surface area (Å²) in [6, 6.07) is 13.2. The second-order valence-electron chi connectivity index (χ2n) is 5.04. The van der Waals surface area contributed by atoms with Crippen molar-refractivity contribution in [3.63, 3.8) is 0 Å². The first kappa shape index (κ1) is 14.7. The second-order valence-corrected chi connectivity index (χ2v) is 5.41. The van der Waals surface area contributed by atoms with Gasteiger partial charge in [0, 0.05) is 11.1 Å². The minimum absolute atomic E-state index is 0.179. The SMILES string of the molecule is Cc1cccc2c1Oc1ccccc1[C@@H]2NC(=O)OCCCl. The van der Waals surface area contributed by atoms with Crippen LogP contribution in [0.25, 0.3) is 0 Å². The van der Waals surface area contributed by atoms with Crippen LogP contribution in [0.15, 0.2) is 42.5 Å². The molecule has 0 radical (unpaired) electrons. The molecule has 0 saturated heterocycles. The number of fused-ring (bicyclic) bond motifs is 2. The molecule has 0 bridgehead atoms. The molecule has 2 aromatic rings. The summed E-state index contributed by atoms with van der Waals surface area (Å²) in [5.41, 5.74) is 2.85. The van der Waals surface area contributed by atoms with Crippen molar-refractivity contribution < 1.29 is 14.3 Å². The smallest absolute Gasteiger partial charge is 0.407 e. The normalized spacial score (nSPS) is 15.3. The van der Waals surface area contributed by atoms with Crippen molar-refractivity contribution >= 4 is 17.7 Å². The Bertz CT molecular complexity index is 702. The highest BCUT2D eigenvalue weighted by Crippen LogP contribution is 2.44. The maximum atomic E-state index is 11.9. The highest BCUT2D eigenvalue weighted by molar-refractivity contribution is 6.18. The summed E-state index contributed by atoms with van der Waals surface area (Å²) < 4.78 is 11.0. The van der Waals surface area contributed by atoms with Gasteiger partial charge in [-0.25, -0.2) is 4.79 Å². The Morgan fingerprint density at radius 3 is 2.82 bits per heavy atom. The van der Waals surface area contributed by atoms with E-state index in [0.29, 0.717) is 0 Å². The Kier molecular flexibility index (Phi) is 4.20. The van der Waals surface area contributed by atoms with E-state index < -0.39 is 6.09 Å². The number of ether oxygens (including phenoxy) is 2. The third-order valence-corrected chi connectivity index (χ3v) is 3.72. The fraction of sp³-hybridized carbons (Fsp3) is 0.235. The van der Waals surface area contributed by atoms with Gasteiger partial charge in [-0.3, -0.25) is 0 Å². The Morgan fingerprint density at radius 2 is 2.00 bits per heavy atom. The number of benzene rings is 2. The molecular weight excluding hydrogens is 302 g/mol. The molecule has 0 aliphatic carbocycles. The number of alkyl carbamates (subject to hydrolysis) is 1. The number of amides is 1. The molecule has 1 heterocycles. The van der Waals surface area contributed by atoms with E-state index in [2.05, 4.69) is 5.32 Å². The van der Waals surface area contributed by atoms with E-state index in [9.17, 15) is 4.79 Å². The lowest BCUT2D eigenvalue weighted by atomic mass is 9.93. The van der Waals surface area contributed by atoms with Crippen LogP contribution in [0.3, 0.4) is 0 Å². The molecule has 3 rings (SSSR count). The van der Waals surface area contributed by atoms with E-state index in [1.165, 1.54) is 0 Å². The fourth-order valence-electron chi connectivity index (χ4n) is 2.58. The summed E-state index contributed by atoms with van der Waals surface area (Å²) in [5, 5.41) is 2.89. The van der Waals surface area contributed by atoms with E-state index in [1.54, 1.807) is 0 Å². The van der Waals surface area contributed by atoms with Crippen molar-refractivity contribution in [1.82, 2.24) is 5.32 Å². The molecule has 0 saturated carbocycles. The first-order valence-corrected chi connectivity index (χ1v) is 7.59. The number of alkyl halides is 1. The van der Waals surface area contributed by atoms with Gasteiger partial charge >= 0.3 is 6.09 Å². The summed E-state index contributed by atoms with van der Waals surface area (Å²) >= 11 is 5.55. The Balaban J connectivity index is 1.98. The van der Waals surface area contributed by atoms with Gasteiger partial charge < -0.3 is 14.8 Å². The van der Waals surface area contributed by atoms with Gasteiger partial charge in [-0.15, -0.1) is 11.6 Å². The molecule has 1 atom stereocenters. The summed E-state index contributed by atoms with van der Waals surface area (Å²) in [7, 11) is 0. The number of hydrogen-bond acceptors (Lipinski definition) is 3. The monoisotopic (exact) mass is 317 g/mol. The minimum Gasteiger partial charge on any atom is -0.456 e. The van der Waals surface area contributed by atoms with Gasteiger partial charge in [-0.05, 0) is 18.6 Å². The van der Waals surface area contributed by atoms with Crippen molar-refractivity contribution in [3.05, 3.63) is 59.2 Å². The van der Waals surface area contributed by atoms with E-state index in [1.807, 2.05) is 49.4 Å². The van der Waals surface area contributed by atoms with Crippen LogP contribution in [0.2, 0.25) is 0 Å². The average Bonchev–Trinajstić information content (AvgIpc) is 2.53. The summed E-state index contributed by atoms with van der Waals surface area (Å²) in [6.07, 6.45) is -0.491. The Morgan fingerprint density at radius 1 is 1.23 bits per heavy atom. The zero-order valence-corrected chi connectivity index (χ0v) is 12.9. The van der Waals surface area contributed by atoms with Crippen LogP contribution in [-0.2, 0) is 4.74 Å². The second kappa shape index (κ2) is 6.28. The standard InChI is InChI=1S/C17H16ClNO3/c1-11-5-4-7-13-15(19-17(20)21-10-9-18)12-6-2-3-8-14(12)22-16(11)13/h2-8,15H,9-10H2,1H3,(H,19,20)/t15-/m0/s1.